The molecule has 0 fully saturated rings. The van der Waals surface area contributed by atoms with E-state index >= 15 is 0 Å². The van der Waals surface area contributed by atoms with Crippen molar-refractivity contribution in [2.24, 2.45) is 0 Å². The summed E-state index contributed by atoms with van der Waals surface area (Å²) in [5.74, 6) is 0.423. The Morgan fingerprint density at radius 3 is 2.58 bits per heavy atom. The minimum atomic E-state index is 0.423. The molecule has 3 heteroatoms. The number of benzene rings is 1. The average Bonchev–Trinajstić information content (AvgIpc) is 2.01. The SMILES string of the molecule is C=C(CCl)c1cc(Cl)cc(Br)c1. The topological polar surface area (TPSA) is 0 Å². The highest BCUT2D eigenvalue weighted by molar-refractivity contribution is 9.10. The summed E-state index contributed by atoms with van der Waals surface area (Å²) in [6.07, 6.45) is 0. The maximum Gasteiger partial charge on any atom is 0.0474 e. The summed E-state index contributed by atoms with van der Waals surface area (Å²) in [6.45, 7) is 3.81. The number of halogens is 3. The van der Waals surface area contributed by atoms with Gasteiger partial charge in [-0.15, -0.1) is 11.6 Å². The van der Waals surface area contributed by atoms with Crippen LogP contribution in [0.25, 0.3) is 5.57 Å². The maximum atomic E-state index is 5.84. The fourth-order valence-electron chi connectivity index (χ4n) is 0.835. The summed E-state index contributed by atoms with van der Waals surface area (Å²) in [4.78, 5) is 0. The molecule has 0 amide bonds. The minimum absolute atomic E-state index is 0.423. The molecule has 0 saturated carbocycles. The molecule has 0 heterocycles. The van der Waals surface area contributed by atoms with E-state index in [9.17, 15) is 0 Å². The van der Waals surface area contributed by atoms with Crippen LogP contribution < -0.4 is 0 Å². The molecule has 0 aliphatic rings. The minimum Gasteiger partial charge on any atom is -0.122 e. The van der Waals surface area contributed by atoms with Gasteiger partial charge in [0.1, 0.15) is 0 Å². The van der Waals surface area contributed by atoms with Crippen molar-refractivity contribution in [1.29, 1.82) is 0 Å². The second-order valence-electron chi connectivity index (χ2n) is 2.40. The van der Waals surface area contributed by atoms with E-state index in [0.717, 1.165) is 15.6 Å². The Morgan fingerprint density at radius 2 is 2.08 bits per heavy atom. The van der Waals surface area contributed by atoms with E-state index in [2.05, 4.69) is 22.5 Å². The van der Waals surface area contributed by atoms with E-state index in [1.165, 1.54) is 0 Å². The Balaban J connectivity index is 3.08. The lowest BCUT2D eigenvalue weighted by molar-refractivity contribution is 1.55. The number of rotatable bonds is 2. The lowest BCUT2D eigenvalue weighted by Crippen LogP contribution is -1.83. The quantitative estimate of drug-likeness (QED) is 0.698. The van der Waals surface area contributed by atoms with Crippen molar-refractivity contribution in [2.75, 3.05) is 5.88 Å². The molecule has 12 heavy (non-hydrogen) atoms. The Kier molecular flexibility index (Phi) is 3.63. The zero-order chi connectivity index (χ0) is 9.14. The van der Waals surface area contributed by atoms with Gasteiger partial charge < -0.3 is 0 Å². The van der Waals surface area contributed by atoms with Gasteiger partial charge in [0.05, 0.1) is 0 Å². The first kappa shape index (κ1) is 10.1. The van der Waals surface area contributed by atoms with Crippen molar-refractivity contribution in [2.45, 2.75) is 0 Å². The Labute approximate surface area is 90.3 Å². The molecule has 1 rings (SSSR count). The van der Waals surface area contributed by atoms with Gasteiger partial charge in [0, 0.05) is 15.4 Å². The third kappa shape index (κ3) is 2.51. The van der Waals surface area contributed by atoms with Crippen LogP contribution in [0.3, 0.4) is 0 Å². The Hall–Kier alpha value is 0.0200. The lowest BCUT2D eigenvalue weighted by atomic mass is 10.1. The second-order valence-corrected chi connectivity index (χ2v) is 4.01. The third-order valence-electron chi connectivity index (χ3n) is 1.43. The highest BCUT2D eigenvalue weighted by Gasteiger charge is 2.00. The molecule has 0 saturated heterocycles. The monoisotopic (exact) mass is 264 g/mol. The van der Waals surface area contributed by atoms with Gasteiger partial charge in [-0.3, -0.25) is 0 Å². The number of alkyl halides is 1. The summed E-state index contributed by atoms with van der Waals surface area (Å²) in [5.41, 5.74) is 1.85. The van der Waals surface area contributed by atoms with Gasteiger partial charge in [-0.1, -0.05) is 34.1 Å². The summed E-state index contributed by atoms with van der Waals surface area (Å²) < 4.78 is 0.941. The molecule has 1 aromatic rings. The first-order valence-electron chi connectivity index (χ1n) is 3.33. The van der Waals surface area contributed by atoms with Crippen molar-refractivity contribution >= 4 is 44.7 Å². The zero-order valence-corrected chi connectivity index (χ0v) is 9.38. The zero-order valence-electron chi connectivity index (χ0n) is 6.28. The Bertz CT molecular complexity index is 287. The van der Waals surface area contributed by atoms with Crippen LogP contribution in [-0.4, -0.2) is 5.88 Å². The molecule has 0 aliphatic carbocycles. The van der Waals surface area contributed by atoms with E-state index < -0.39 is 0 Å². The highest BCUT2D eigenvalue weighted by atomic mass is 79.9. The van der Waals surface area contributed by atoms with Gasteiger partial charge in [0.2, 0.25) is 0 Å². The van der Waals surface area contributed by atoms with Gasteiger partial charge in [0.15, 0.2) is 0 Å². The summed E-state index contributed by atoms with van der Waals surface area (Å²) in [7, 11) is 0. The molecule has 0 nitrogen and oxygen atoms in total. The standard InChI is InChI=1S/C9H7BrCl2/c1-6(5-11)7-2-8(10)4-9(12)3-7/h2-4H,1,5H2. The molecule has 0 bridgehead atoms. The van der Waals surface area contributed by atoms with E-state index in [1.54, 1.807) is 0 Å². The van der Waals surface area contributed by atoms with Gasteiger partial charge >= 0.3 is 0 Å². The van der Waals surface area contributed by atoms with E-state index in [-0.39, 0.29) is 0 Å². The second kappa shape index (κ2) is 4.31. The van der Waals surface area contributed by atoms with Crippen LogP contribution in [0.15, 0.2) is 29.3 Å². The molecule has 0 N–H and O–H groups in total. The number of hydrogen-bond acceptors (Lipinski definition) is 0. The molecule has 0 spiro atoms. The number of hydrogen-bond donors (Lipinski definition) is 0. The largest absolute Gasteiger partial charge is 0.122 e. The van der Waals surface area contributed by atoms with E-state index in [4.69, 9.17) is 23.2 Å². The molecule has 0 unspecified atom stereocenters. The van der Waals surface area contributed by atoms with Crippen molar-refractivity contribution in [1.82, 2.24) is 0 Å². The lowest BCUT2D eigenvalue weighted by Gasteiger charge is -2.02. The number of allylic oxidation sites excluding steroid dienone is 1. The van der Waals surface area contributed by atoms with Crippen LogP contribution in [-0.2, 0) is 0 Å². The van der Waals surface area contributed by atoms with Crippen LogP contribution in [0, 0.1) is 0 Å². The van der Waals surface area contributed by atoms with Crippen molar-refractivity contribution in [3.8, 4) is 0 Å². The first-order valence-corrected chi connectivity index (χ1v) is 5.04. The van der Waals surface area contributed by atoms with Gasteiger partial charge in [0.25, 0.3) is 0 Å². The van der Waals surface area contributed by atoms with Crippen LogP contribution in [0.1, 0.15) is 5.56 Å². The average molecular weight is 266 g/mol. The van der Waals surface area contributed by atoms with Crippen LogP contribution in [0.2, 0.25) is 5.02 Å². The molecule has 0 aliphatic heterocycles. The third-order valence-corrected chi connectivity index (χ3v) is 2.43. The fraction of sp³-hybridized carbons (Fsp3) is 0.111. The molecular weight excluding hydrogens is 259 g/mol. The molecule has 1 aromatic carbocycles. The Morgan fingerprint density at radius 1 is 1.42 bits per heavy atom. The van der Waals surface area contributed by atoms with Crippen molar-refractivity contribution in [3.05, 3.63) is 39.8 Å². The molecule has 0 aromatic heterocycles. The van der Waals surface area contributed by atoms with Gasteiger partial charge in [-0.2, -0.15) is 0 Å². The molecule has 0 radical (unpaired) electrons. The van der Waals surface area contributed by atoms with E-state index in [1.807, 2.05) is 18.2 Å². The highest BCUT2D eigenvalue weighted by Crippen LogP contribution is 2.24. The predicted molar refractivity (Wildman–Crippen MR) is 58.9 cm³/mol. The molecular formula is C9H7BrCl2. The summed E-state index contributed by atoms with van der Waals surface area (Å²) >= 11 is 14.8. The predicted octanol–water partition coefficient (Wildman–Crippen LogP) is 4.35. The fourth-order valence-corrected chi connectivity index (χ4v) is 1.85. The van der Waals surface area contributed by atoms with Crippen LogP contribution in [0.4, 0.5) is 0 Å². The normalized spacial score (nSPS) is 9.92. The van der Waals surface area contributed by atoms with Crippen molar-refractivity contribution in [3.63, 3.8) is 0 Å². The van der Waals surface area contributed by atoms with Crippen LogP contribution >= 0.6 is 39.1 Å². The van der Waals surface area contributed by atoms with E-state index in [0.29, 0.717) is 10.9 Å². The van der Waals surface area contributed by atoms with Crippen LogP contribution in [0.5, 0.6) is 0 Å². The summed E-state index contributed by atoms with van der Waals surface area (Å²) in [5, 5.41) is 0.686. The molecule has 64 valence electrons. The first-order chi connectivity index (χ1) is 5.63. The summed E-state index contributed by atoms with van der Waals surface area (Å²) in [6, 6.07) is 5.61. The maximum absolute atomic E-state index is 5.84. The van der Waals surface area contributed by atoms with Crippen molar-refractivity contribution < 1.29 is 0 Å². The van der Waals surface area contributed by atoms with Gasteiger partial charge in [-0.05, 0) is 29.3 Å². The molecule has 0 atom stereocenters. The van der Waals surface area contributed by atoms with Gasteiger partial charge in [-0.25, -0.2) is 0 Å². The smallest absolute Gasteiger partial charge is 0.0474 e.